The number of oxazole rings is 1. The molecule has 0 unspecified atom stereocenters. The van der Waals surface area contributed by atoms with Crippen molar-refractivity contribution in [2.45, 2.75) is 0 Å². The predicted octanol–water partition coefficient (Wildman–Crippen LogP) is 3.86. The molecule has 1 heterocycles. The second-order valence-corrected chi connectivity index (χ2v) is 4.48. The van der Waals surface area contributed by atoms with Crippen molar-refractivity contribution in [2.75, 3.05) is 5.73 Å². The molecule has 2 aliphatic rings. The quantitative estimate of drug-likeness (QED) is 0.534. The van der Waals surface area contributed by atoms with Crippen LogP contribution in [0, 0.1) is 10.4 Å². The maximum atomic E-state index is 5.53. The van der Waals surface area contributed by atoms with Gasteiger partial charge in [0.25, 0.3) is 5.35 Å². The van der Waals surface area contributed by atoms with Crippen LogP contribution in [0.3, 0.4) is 0 Å². The predicted molar refractivity (Wildman–Crippen MR) is 75.5 cm³/mol. The number of anilines is 1. The van der Waals surface area contributed by atoms with Crippen LogP contribution < -0.4 is 5.73 Å². The first-order valence-electron chi connectivity index (χ1n) is 5.80. The van der Waals surface area contributed by atoms with Crippen LogP contribution in [0.1, 0.15) is 0 Å². The van der Waals surface area contributed by atoms with E-state index in [1.807, 2.05) is 42.5 Å². The van der Waals surface area contributed by atoms with Gasteiger partial charge in [0, 0.05) is 16.5 Å². The Morgan fingerprint density at radius 3 is 2.21 bits per heavy atom. The van der Waals surface area contributed by atoms with Crippen LogP contribution in [0.15, 0.2) is 59.2 Å². The molecule has 0 amide bonds. The van der Waals surface area contributed by atoms with E-state index in [0.717, 1.165) is 16.9 Å². The van der Waals surface area contributed by atoms with E-state index in [0.29, 0.717) is 0 Å². The molecule has 3 nitrogen and oxygen atoms in total. The number of hydrogen-bond acceptors (Lipinski definition) is 3. The van der Waals surface area contributed by atoms with Crippen molar-refractivity contribution in [3.05, 3.63) is 70.6 Å². The van der Waals surface area contributed by atoms with Crippen LogP contribution in [0.4, 0.5) is 5.69 Å². The molecule has 0 fully saturated rings. The molecular weight excluding hydrogens is 260 g/mol. The molecule has 0 saturated heterocycles. The molecule has 1 aromatic carbocycles. The average molecular weight is 271 g/mol. The van der Waals surface area contributed by atoms with Gasteiger partial charge in [0.1, 0.15) is 12.0 Å². The molecule has 4 rings (SSSR count). The first-order valence-corrected chi connectivity index (χ1v) is 6.18. The van der Waals surface area contributed by atoms with E-state index in [2.05, 4.69) is 11.1 Å². The number of aromatic nitrogens is 1. The van der Waals surface area contributed by atoms with Crippen LogP contribution in [0.5, 0.6) is 0 Å². The lowest BCUT2D eigenvalue weighted by Crippen LogP contribution is -1.95. The number of halogens is 1. The fourth-order valence-electron chi connectivity index (χ4n) is 1.81. The van der Waals surface area contributed by atoms with E-state index in [1.54, 1.807) is 0 Å². The van der Waals surface area contributed by atoms with E-state index in [1.165, 1.54) is 16.7 Å². The van der Waals surface area contributed by atoms with Gasteiger partial charge in [-0.3, -0.25) is 0 Å². The number of nitrogens with two attached hydrogens (primary N) is 1. The summed E-state index contributed by atoms with van der Waals surface area (Å²) in [7, 11) is 0. The van der Waals surface area contributed by atoms with Crippen LogP contribution in [-0.2, 0) is 0 Å². The fourth-order valence-corrected chi connectivity index (χ4v) is 1.95. The second kappa shape index (κ2) is 4.78. The lowest BCUT2D eigenvalue weighted by atomic mass is 10.1. The maximum Gasteiger partial charge on any atom is 0.292 e. The summed E-state index contributed by atoms with van der Waals surface area (Å²) in [4.78, 5) is 3.98. The van der Waals surface area contributed by atoms with Crippen molar-refractivity contribution in [1.29, 1.82) is 0 Å². The monoisotopic (exact) mass is 270 g/mol. The average Bonchev–Trinajstić information content (AvgIpc) is 2.84. The topological polar surface area (TPSA) is 52.0 Å². The molecule has 0 aliphatic heterocycles. The van der Waals surface area contributed by atoms with Crippen LogP contribution in [0.25, 0.3) is 11.3 Å². The highest BCUT2D eigenvalue weighted by Gasteiger charge is 2.02. The highest BCUT2D eigenvalue weighted by molar-refractivity contribution is 6.27. The van der Waals surface area contributed by atoms with Crippen molar-refractivity contribution >= 4 is 17.3 Å². The van der Waals surface area contributed by atoms with Gasteiger partial charge in [-0.15, -0.1) is 0 Å². The van der Waals surface area contributed by atoms with Gasteiger partial charge in [-0.25, -0.2) is 0 Å². The first-order chi connectivity index (χ1) is 9.24. The summed E-state index contributed by atoms with van der Waals surface area (Å²) in [6.07, 6.45) is 1.54. The third kappa shape index (κ3) is 2.33. The van der Waals surface area contributed by atoms with Crippen LogP contribution in [-0.4, -0.2) is 4.98 Å². The summed E-state index contributed by atoms with van der Waals surface area (Å²) in [5.74, 6) is 0. The number of hydrogen-bond donors (Lipinski definition) is 1. The van der Waals surface area contributed by atoms with Crippen molar-refractivity contribution in [3.8, 4) is 11.3 Å². The van der Waals surface area contributed by atoms with Gasteiger partial charge in [0.15, 0.2) is 0 Å². The highest BCUT2D eigenvalue weighted by atomic mass is 35.5. The Morgan fingerprint density at radius 2 is 1.84 bits per heavy atom. The minimum Gasteiger partial charge on any atom is -0.436 e. The second-order valence-electron chi connectivity index (χ2n) is 4.15. The third-order valence-electron chi connectivity index (χ3n) is 2.91. The summed E-state index contributed by atoms with van der Waals surface area (Å²) in [6, 6.07) is 15.8. The van der Waals surface area contributed by atoms with E-state index in [-0.39, 0.29) is 5.35 Å². The minimum atomic E-state index is 0.175. The molecule has 19 heavy (non-hydrogen) atoms. The van der Waals surface area contributed by atoms with Gasteiger partial charge >= 0.3 is 0 Å². The maximum absolute atomic E-state index is 5.53. The molecule has 0 saturated carbocycles. The van der Waals surface area contributed by atoms with Gasteiger partial charge in [0.2, 0.25) is 0 Å². The summed E-state index contributed by atoms with van der Waals surface area (Å²) in [5, 5.41) is 2.74. The normalized spacial score (nSPS) is 10.6. The summed E-state index contributed by atoms with van der Waals surface area (Å²) in [6.45, 7) is 0. The van der Waals surface area contributed by atoms with Crippen molar-refractivity contribution in [2.24, 2.45) is 0 Å². The van der Waals surface area contributed by atoms with Gasteiger partial charge < -0.3 is 10.2 Å². The molecule has 1 aromatic heterocycles. The van der Waals surface area contributed by atoms with Gasteiger partial charge in [0.05, 0.1) is 0 Å². The lowest BCUT2D eigenvalue weighted by Gasteiger charge is -2.03. The molecule has 2 aliphatic carbocycles. The zero-order valence-corrected chi connectivity index (χ0v) is 10.8. The smallest absolute Gasteiger partial charge is 0.292 e. The van der Waals surface area contributed by atoms with Gasteiger partial charge in [-0.1, -0.05) is 42.5 Å². The molecule has 2 N–H and O–H groups in total. The Bertz CT molecular complexity index is 797. The van der Waals surface area contributed by atoms with Crippen molar-refractivity contribution in [1.82, 2.24) is 4.98 Å². The van der Waals surface area contributed by atoms with E-state index in [9.17, 15) is 0 Å². The zero-order valence-electron chi connectivity index (χ0n) is 10.0. The Balaban J connectivity index is 0.000000132. The van der Waals surface area contributed by atoms with Crippen molar-refractivity contribution in [3.63, 3.8) is 0 Å². The first kappa shape index (κ1) is 11.8. The lowest BCUT2D eigenvalue weighted by molar-refractivity contribution is 0.560. The SMILES string of the molecule is Clc1nc(-c2ccccc2)co1.Nc1cc2ccc1=2. The molecule has 0 radical (unpaired) electrons. The highest BCUT2D eigenvalue weighted by Crippen LogP contribution is 2.19. The van der Waals surface area contributed by atoms with E-state index >= 15 is 0 Å². The Labute approximate surface area is 115 Å². The zero-order chi connectivity index (χ0) is 13.2. The van der Waals surface area contributed by atoms with Crippen LogP contribution >= 0.6 is 11.6 Å². The molecular formula is C15H11ClN2O. The fraction of sp³-hybridized carbons (Fsp3) is 0. The number of benzene rings is 2. The Hall–Kier alpha value is -2.26. The summed E-state index contributed by atoms with van der Waals surface area (Å²) in [5.41, 5.74) is 8.13. The molecule has 94 valence electrons. The number of rotatable bonds is 1. The molecule has 0 atom stereocenters. The Kier molecular flexibility index (Phi) is 2.97. The van der Waals surface area contributed by atoms with Crippen molar-refractivity contribution < 1.29 is 4.42 Å². The van der Waals surface area contributed by atoms with Gasteiger partial charge in [-0.2, -0.15) is 4.98 Å². The molecule has 0 bridgehead atoms. The van der Waals surface area contributed by atoms with E-state index in [4.69, 9.17) is 21.8 Å². The molecule has 0 spiro atoms. The summed E-state index contributed by atoms with van der Waals surface area (Å²) < 4.78 is 4.87. The summed E-state index contributed by atoms with van der Waals surface area (Å²) >= 11 is 5.53. The van der Waals surface area contributed by atoms with Gasteiger partial charge in [-0.05, 0) is 22.9 Å². The van der Waals surface area contributed by atoms with Crippen LogP contribution in [0.2, 0.25) is 5.35 Å². The molecule has 4 heteroatoms. The third-order valence-corrected chi connectivity index (χ3v) is 3.08. The Morgan fingerprint density at radius 1 is 1.05 bits per heavy atom. The molecule has 2 aromatic rings. The number of nitrogen functional groups attached to an aromatic ring is 1. The standard InChI is InChI=1S/C9H6ClNO.C6H5N/c10-9-11-8(6-12-9)7-4-2-1-3-5-7;7-6-3-4-1-2-5(4)6/h1-6H;1-3H,7H2. The minimum absolute atomic E-state index is 0.175. The van der Waals surface area contributed by atoms with E-state index < -0.39 is 0 Å². The number of nitrogens with zero attached hydrogens (tertiary/aromatic N) is 1. The largest absolute Gasteiger partial charge is 0.436 e.